The number of nitrogens with two attached hydrogens (primary N) is 1. The van der Waals surface area contributed by atoms with Gasteiger partial charge in [0.15, 0.2) is 0 Å². The summed E-state index contributed by atoms with van der Waals surface area (Å²) >= 11 is 3.42. The Labute approximate surface area is 111 Å². The van der Waals surface area contributed by atoms with Crippen LogP contribution in [0.3, 0.4) is 0 Å². The minimum Gasteiger partial charge on any atom is -0.398 e. The highest BCUT2D eigenvalue weighted by Gasteiger charge is 2.19. The van der Waals surface area contributed by atoms with E-state index in [2.05, 4.69) is 26.9 Å². The van der Waals surface area contributed by atoms with Gasteiger partial charge in [-0.15, -0.1) is 0 Å². The predicted molar refractivity (Wildman–Crippen MR) is 73.9 cm³/mol. The van der Waals surface area contributed by atoms with Crippen molar-refractivity contribution >= 4 is 21.6 Å². The molecule has 1 saturated heterocycles. The fourth-order valence-electron chi connectivity index (χ4n) is 2.30. The molecule has 1 atom stereocenters. The highest BCUT2D eigenvalue weighted by molar-refractivity contribution is 9.10. The second-order valence-corrected chi connectivity index (χ2v) is 5.45. The molecule has 94 valence electrons. The van der Waals surface area contributed by atoms with Gasteiger partial charge in [-0.05, 0) is 53.0 Å². The van der Waals surface area contributed by atoms with Gasteiger partial charge in [-0.2, -0.15) is 0 Å². The number of ether oxygens (including phenoxy) is 1. The first-order chi connectivity index (χ1) is 8.19. The summed E-state index contributed by atoms with van der Waals surface area (Å²) in [7, 11) is 1.80. The van der Waals surface area contributed by atoms with Crippen LogP contribution in [-0.2, 0) is 11.3 Å². The molecule has 17 heavy (non-hydrogen) atoms. The molecule has 1 aromatic carbocycles. The van der Waals surface area contributed by atoms with Gasteiger partial charge < -0.3 is 10.5 Å². The topological polar surface area (TPSA) is 38.5 Å². The molecule has 0 amide bonds. The number of benzene rings is 1. The van der Waals surface area contributed by atoms with E-state index in [1.807, 2.05) is 12.1 Å². The van der Waals surface area contributed by atoms with Gasteiger partial charge in [0.1, 0.15) is 0 Å². The second kappa shape index (κ2) is 5.85. The van der Waals surface area contributed by atoms with Crippen LogP contribution in [0.15, 0.2) is 22.7 Å². The van der Waals surface area contributed by atoms with Crippen molar-refractivity contribution in [2.24, 2.45) is 0 Å². The van der Waals surface area contributed by atoms with Crippen molar-refractivity contribution in [2.75, 3.05) is 25.9 Å². The number of rotatable bonds is 3. The third-order valence-corrected chi connectivity index (χ3v) is 3.98. The predicted octanol–water partition coefficient (Wildman–Crippen LogP) is 2.64. The summed E-state index contributed by atoms with van der Waals surface area (Å²) in [5.74, 6) is 0. The zero-order valence-electron chi connectivity index (χ0n) is 10.2. The number of methoxy groups -OCH3 is 1. The van der Waals surface area contributed by atoms with Crippen molar-refractivity contribution in [3.8, 4) is 0 Å². The molecule has 2 rings (SSSR count). The molecule has 1 aliphatic heterocycles. The molecule has 0 aliphatic carbocycles. The van der Waals surface area contributed by atoms with E-state index in [1.54, 1.807) is 7.11 Å². The lowest BCUT2D eigenvalue weighted by Gasteiger charge is -2.31. The van der Waals surface area contributed by atoms with E-state index in [1.165, 1.54) is 18.4 Å². The molecule has 1 aliphatic rings. The van der Waals surface area contributed by atoms with Gasteiger partial charge in [-0.3, -0.25) is 4.90 Å². The van der Waals surface area contributed by atoms with Crippen molar-refractivity contribution in [3.63, 3.8) is 0 Å². The third-order valence-electron chi connectivity index (χ3n) is 3.26. The number of halogens is 1. The van der Waals surface area contributed by atoms with Gasteiger partial charge in [0.05, 0.1) is 6.10 Å². The summed E-state index contributed by atoms with van der Waals surface area (Å²) in [6.07, 6.45) is 2.77. The molecule has 0 bridgehead atoms. The summed E-state index contributed by atoms with van der Waals surface area (Å²) in [5.41, 5.74) is 7.96. The summed E-state index contributed by atoms with van der Waals surface area (Å²) in [5, 5.41) is 0. The lowest BCUT2D eigenvalue weighted by molar-refractivity contribution is 0.0285. The van der Waals surface area contributed by atoms with Gasteiger partial charge >= 0.3 is 0 Å². The first kappa shape index (κ1) is 12.9. The van der Waals surface area contributed by atoms with E-state index in [9.17, 15) is 0 Å². The number of piperidine rings is 1. The van der Waals surface area contributed by atoms with Crippen molar-refractivity contribution in [1.29, 1.82) is 0 Å². The van der Waals surface area contributed by atoms with Gasteiger partial charge in [-0.25, -0.2) is 0 Å². The monoisotopic (exact) mass is 298 g/mol. The van der Waals surface area contributed by atoms with E-state index < -0.39 is 0 Å². The number of likely N-dealkylation sites (tertiary alicyclic amines) is 1. The van der Waals surface area contributed by atoms with E-state index in [0.29, 0.717) is 6.10 Å². The molecule has 1 unspecified atom stereocenters. The summed E-state index contributed by atoms with van der Waals surface area (Å²) in [6, 6.07) is 6.18. The number of anilines is 1. The van der Waals surface area contributed by atoms with Crippen molar-refractivity contribution in [2.45, 2.75) is 25.5 Å². The first-order valence-electron chi connectivity index (χ1n) is 5.98. The molecular formula is C13H19BrN2O. The van der Waals surface area contributed by atoms with Crippen LogP contribution < -0.4 is 5.73 Å². The fourth-order valence-corrected chi connectivity index (χ4v) is 2.55. The lowest BCUT2D eigenvalue weighted by Crippen LogP contribution is -2.38. The van der Waals surface area contributed by atoms with Crippen molar-refractivity contribution < 1.29 is 4.74 Å². The van der Waals surface area contributed by atoms with Crippen LogP contribution in [0.4, 0.5) is 5.69 Å². The van der Waals surface area contributed by atoms with Crippen molar-refractivity contribution in [1.82, 2.24) is 4.90 Å². The van der Waals surface area contributed by atoms with E-state index in [0.717, 1.165) is 29.8 Å². The van der Waals surface area contributed by atoms with Crippen LogP contribution in [0, 0.1) is 0 Å². The summed E-state index contributed by atoms with van der Waals surface area (Å²) in [4.78, 5) is 2.43. The van der Waals surface area contributed by atoms with Crippen LogP contribution in [0.1, 0.15) is 18.4 Å². The minimum absolute atomic E-state index is 0.386. The zero-order valence-corrected chi connectivity index (χ0v) is 11.7. The van der Waals surface area contributed by atoms with E-state index >= 15 is 0 Å². The number of hydrogen-bond acceptors (Lipinski definition) is 3. The molecule has 1 aromatic rings. The minimum atomic E-state index is 0.386. The van der Waals surface area contributed by atoms with Crippen molar-refractivity contribution in [3.05, 3.63) is 28.2 Å². The Morgan fingerprint density at radius 3 is 3.06 bits per heavy atom. The van der Waals surface area contributed by atoms with Crippen LogP contribution in [0.2, 0.25) is 0 Å². The highest BCUT2D eigenvalue weighted by atomic mass is 79.9. The Morgan fingerprint density at radius 2 is 2.35 bits per heavy atom. The van der Waals surface area contributed by atoms with Gasteiger partial charge in [0, 0.05) is 30.4 Å². The molecule has 4 heteroatoms. The highest BCUT2D eigenvalue weighted by Crippen LogP contribution is 2.22. The van der Waals surface area contributed by atoms with Gasteiger partial charge in [0.25, 0.3) is 0 Å². The standard InChI is InChI=1S/C13H19BrN2O/c1-17-11-3-2-6-16(9-11)8-10-4-5-12(14)13(15)7-10/h4-5,7,11H,2-3,6,8-9,15H2,1H3. The maximum atomic E-state index is 5.89. The molecule has 0 spiro atoms. The maximum absolute atomic E-state index is 5.89. The number of nitrogens with zero attached hydrogens (tertiary/aromatic N) is 1. The Kier molecular flexibility index (Phi) is 4.42. The molecule has 3 nitrogen and oxygen atoms in total. The average Bonchev–Trinajstić information content (AvgIpc) is 2.34. The number of nitrogen functional groups attached to an aromatic ring is 1. The number of hydrogen-bond donors (Lipinski definition) is 1. The second-order valence-electron chi connectivity index (χ2n) is 4.59. The summed E-state index contributed by atoms with van der Waals surface area (Å²) in [6.45, 7) is 3.12. The molecule has 0 saturated carbocycles. The van der Waals surface area contributed by atoms with Gasteiger partial charge in [-0.1, -0.05) is 6.07 Å². The maximum Gasteiger partial charge on any atom is 0.0698 e. The molecule has 2 N–H and O–H groups in total. The van der Waals surface area contributed by atoms with Crippen LogP contribution >= 0.6 is 15.9 Å². The average molecular weight is 299 g/mol. The smallest absolute Gasteiger partial charge is 0.0698 e. The van der Waals surface area contributed by atoms with E-state index in [4.69, 9.17) is 10.5 Å². The Bertz CT molecular complexity index is 384. The quantitative estimate of drug-likeness (QED) is 0.872. The normalized spacial score (nSPS) is 21.6. The van der Waals surface area contributed by atoms with E-state index in [-0.39, 0.29) is 0 Å². The summed E-state index contributed by atoms with van der Waals surface area (Å²) < 4.78 is 6.40. The molecule has 1 fully saturated rings. The Hall–Kier alpha value is -0.580. The molecule has 1 heterocycles. The first-order valence-corrected chi connectivity index (χ1v) is 6.77. The molecule has 0 aromatic heterocycles. The van der Waals surface area contributed by atoms with Crippen LogP contribution in [-0.4, -0.2) is 31.2 Å². The Morgan fingerprint density at radius 1 is 1.53 bits per heavy atom. The fraction of sp³-hybridized carbons (Fsp3) is 0.538. The molecular weight excluding hydrogens is 280 g/mol. The zero-order chi connectivity index (χ0) is 12.3. The SMILES string of the molecule is COC1CCCN(Cc2ccc(Br)c(N)c2)C1. The van der Waals surface area contributed by atoms with Crippen LogP contribution in [0.5, 0.6) is 0 Å². The van der Waals surface area contributed by atoms with Gasteiger partial charge in [0.2, 0.25) is 0 Å². The Balaban J connectivity index is 1.97. The van der Waals surface area contributed by atoms with Crippen LogP contribution in [0.25, 0.3) is 0 Å². The molecule has 0 radical (unpaired) electrons. The lowest BCUT2D eigenvalue weighted by atomic mass is 10.1. The largest absolute Gasteiger partial charge is 0.398 e. The third kappa shape index (κ3) is 3.44.